The number of ether oxygens (including phenoxy) is 1. The van der Waals surface area contributed by atoms with Gasteiger partial charge in [-0.05, 0) is 38.8 Å². The second-order valence-corrected chi connectivity index (χ2v) is 6.14. The minimum absolute atomic E-state index is 0.0204. The molecule has 1 atom stereocenters. The van der Waals surface area contributed by atoms with Crippen molar-refractivity contribution >= 4 is 16.9 Å². The van der Waals surface area contributed by atoms with E-state index in [1.165, 1.54) is 0 Å². The van der Waals surface area contributed by atoms with Gasteiger partial charge in [-0.15, -0.1) is 0 Å². The Bertz CT molecular complexity index is 681. The third-order valence-electron chi connectivity index (χ3n) is 4.83. The van der Waals surface area contributed by atoms with Crippen molar-refractivity contribution in [2.24, 2.45) is 11.1 Å². The monoisotopic (exact) mass is 332 g/mol. The number of hydrogen-bond donors (Lipinski definition) is 2. The molecule has 1 heterocycles. The van der Waals surface area contributed by atoms with Gasteiger partial charge in [-0.25, -0.2) is 0 Å². The SMILES string of the molecule is CCOc1cccc2cc(C(C)NC(=O)C(CC)(CC)CN)oc12. The van der Waals surface area contributed by atoms with Crippen LogP contribution in [0.3, 0.4) is 0 Å². The lowest BCUT2D eigenvalue weighted by Crippen LogP contribution is -2.45. The molecule has 24 heavy (non-hydrogen) atoms. The molecular weight excluding hydrogens is 304 g/mol. The highest BCUT2D eigenvalue weighted by Gasteiger charge is 2.34. The van der Waals surface area contributed by atoms with Crippen molar-refractivity contribution in [1.29, 1.82) is 0 Å². The fraction of sp³-hybridized carbons (Fsp3) is 0.526. The average molecular weight is 332 g/mol. The minimum Gasteiger partial charge on any atom is -0.490 e. The maximum Gasteiger partial charge on any atom is 0.228 e. The molecule has 1 aromatic heterocycles. The van der Waals surface area contributed by atoms with Crippen LogP contribution in [0.4, 0.5) is 0 Å². The summed E-state index contributed by atoms with van der Waals surface area (Å²) in [5.41, 5.74) is 6.06. The molecule has 0 aliphatic rings. The molecule has 1 unspecified atom stereocenters. The summed E-state index contributed by atoms with van der Waals surface area (Å²) in [5, 5.41) is 4.01. The van der Waals surface area contributed by atoms with Crippen LogP contribution in [-0.2, 0) is 4.79 Å². The van der Waals surface area contributed by atoms with E-state index < -0.39 is 5.41 Å². The van der Waals surface area contributed by atoms with Crippen LogP contribution in [-0.4, -0.2) is 19.1 Å². The zero-order chi connectivity index (χ0) is 17.7. The van der Waals surface area contributed by atoms with Gasteiger partial charge in [-0.2, -0.15) is 0 Å². The van der Waals surface area contributed by atoms with Crippen molar-refractivity contribution in [1.82, 2.24) is 5.32 Å². The average Bonchev–Trinajstić information content (AvgIpc) is 3.03. The summed E-state index contributed by atoms with van der Waals surface area (Å²) in [7, 11) is 0. The van der Waals surface area contributed by atoms with Crippen molar-refractivity contribution < 1.29 is 13.9 Å². The van der Waals surface area contributed by atoms with Crippen molar-refractivity contribution in [3.05, 3.63) is 30.0 Å². The Labute approximate surface area is 143 Å². The number of hydrogen-bond acceptors (Lipinski definition) is 4. The van der Waals surface area contributed by atoms with Crippen molar-refractivity contribution in [2.75, 3.05) is 13.2 Å². The summed E-state index contributed by atoms with van der Waals surface area (Å²) >= 11 is 0. The number of fused-ring (bicyclic) bond motifs is 1. The lowest BCUT2D eigenvalue weighted by molar-refractivity contribution is -0.131. The molecule has 2 aromatic rings. The van der Waals surface area contributed by atoms with Gasteiger partial charge in [0.25, 0.3) is 0 Å². The Morgan fingerprint density at radius 1 is 1.33 bits per heavy atom. The van der Waals surface area contributed by atoms with Crippen LogP contribution in [0, 0.1) is 5.41 Å². The number of carbonyl (C=O) groups excluding carboxylic acids is 1. The first-order chi connectivity index (χ1) is 11.5. The summed E-state index contributed by atoms with van der Waals surface area (Å²) in [6, 6.07) is 7.51. The number of carbonyl (C=O) groups is 1. The van der Waals surface area contributed by atoms with Crippen LogP contribution >= 0.6 is 0 Å². The van der Waals surface area contributed by atoms with Crippen LogP contribution in [0.1, 0.15) is 52.3 Å². The number of amides is 1. The van der Waals surface area contributed by atoms with Crippen LogP contribution in [0.5, 0.6) is 5.75 Å². The normalized spacial score (nSPS) is 13.0. The first kappa shape index (κ1) is 18.3. The number of nitrogens with two attached hydrogens (primary N) is 1. The Kier molecular flexibility index (Phi) is 5.89. The summed E-state index contributed by atoms with van der Waals surface area (Å²) in [4.78, 5) is 12.7. The minimum atomic E-state index is -0.517. The number of rotatable bonds is 8. The Balaban J connectivity index is 2.24. The molecular formula is C19H28N2O3. The molecule has 0 saturated carbocycles. The molecule has 0 spiro atoms. The topological polar surface area (TPSA) is 77.5 Å². The largest absolute Gasteiger partial charge is 0.490 e. The summed E-state index contributed by atoms with van der Waals surface area (Å²) in [5.74, 6) is 1.41. The van der Waals surface area contributed by atoms with Crippen LogP contribution in [0.25, 0.3) is 11.0 Å². The van der Waals surface area contributed by atoms with E-state index in [9.17, 15) is 4.79 Å². The van der Waals surface area contributed by atoms with E-state index in [1.807, 2.05) is 52.0 Å². The molecule has 132 valence electrons. The Morgan fingerprint density at radius 2 is 2.04 bits per heavy atom. The van der Waals surface area contributed by atoms with Gasteiger partial charge in [-0.1, -0.05) is 26.0 Å². The van der Waals surface area contributed by atoms with Crippen LogP contribution in [0.15, 0.2) is 28.7 Å². The molecule has 3 N–H and O–H groups in total. The highest BCUT2D eigenvalue weighted by molar-refractivity contribution is 5.85. The van der Waals surface area contributed by atoms with E-state index in [0.717, 1.165) is 11.1 Å². The third kappa shape index (κ3) is 3.41. The van der Waals surface area contributed by atoms with Crippen molar-refractivity contribution in [2.45, 2.75) is 46.6 Å². The zero-order valence-corrected chi connectivity index (χ0v) is 15.0. The first-order valence-electron chi connectivity index (χ1n) is 8.67. The quantitative estimate of drug-likeness (QED) is 0.771. The fourth-order valence-corrected chi connectivity index (χ4v) is 2.91. The van der Waals surface area contributed by atoms with E-state index in [2.05, 4.69) is 5.32 Å². The van der Waals surface area contributed by atoms with Crippen LogP contribution in [0.2, 0.25) is 0 Å². The molecule has 1 amide bonds. The first-order valence-corrected chi connectivity index (χ1v) is 8.67. The van der Waals surface area contributed by atoms with E-state index >= 15 is 0 Å². The molecule has 5 nitrogen and oxygen atoms in total. The van der Waals surface area contributed by atoms with Gasteiger partial charge in [0.05, 0.1) is 18.1 Å². The number of furan rings is 1. The molecule has 0 radical (unpaired) electrons. The summed E-state index contributed by atoms with van der Waals surface area (Å²) < 4.78 is 11.6. The molecule has 0 fully saturated rings. The van der Waals surface area contributed by atoms with E-state index in [0.29, 0.717) is 37.3 Å². The fourth-order valence-electron chi connectivity index (χ4n) is 2.91. The van der Waals surface area contributed by atoms with Gasteiger partial charge < -0.3 is 20.2 Å². The number of para-hydroxylation sites is 1. The molecule has 5 heteroatoms. The maximum atomic E-state index is 12.7. The molecule has 0 aliphatic heterocycles. The highest BCUT2D eigenvalue weighted by Crippen LogP contribution is 2.32. The van der Waals surface area contributed by atoms with Gasteiger partial charge in [0.15, 0.2) is 11.3 Å². The van der Waals surface area contributed by atoms with E-state index in [4.69, 9.17) is 14.9 Å². The lowest BCUT2D eigenvalue weighted by Gasteiger charge is -2.29. The summed E-state index contributed by atoms with van der Waals surface area (Å²) in [6.07, 6.45) is 1.43. The van der Waals surface area contributed by atoms with Crippen molar-refractivity contribution in [3.8, 4) is 5.75 Å². The van der Waals surface area contributed by atoms with Gasteiger partial charge in [0, 0.05) is 11.9 Å². The Morgan fingerprint density at radius 3 is 2.62 bits per heavy atom. The standard InChI is InChI=1S/C19H28N2O3/c1-5-19(6-2,12-20)18(22)21-13(4)16-11-14-9-8-10-15(23-7-3)17(14)24-16/h8-11,13H,5-7,12,20H2,1-4H3,(H,21,22). The smallest absolute Gasteiger partial charge is 0.228 e. The van der Waals surface area contributed by atoms with E-state index in [-0.39, 0.29) is 11.9 Å². The van der Waals surface area contributed by atoms with Crippen LogP contribution < -0.4 is 15.8 Å². The maximum absolute atomic E-state index is 12.7. The molecule has 0 saturated heterocycles. The van der Waals surface area contributed by atoms with Gasteiger partial charge >= 0.3 is 0 Å². The molecule has 2 rings (SSSR count). The van der Waals surface area contributed by atoms with E-state index in [1.54, 1.807) is 0 Å². The van der Waals surface area contributed by atoms with Crippen molar-refractivity contribution in [3.63, 3.8) is 0 Å². The predicted octanol–water partition coefficient (Wildman–Crippen LogP) is 3.77. The molecule has 1 aromatic carbocycles. The lowest BCUT2D eigenvalue weighted by atomic mass is 9.81. The predicted molar refractivity (Wildman–Crippen MR) is 96.0 cm³/mol. The molecule has 0 bridgehead atoms. The number of nitrogens with one attached hydrogen (secondary N) is 1. The van der Waals surface area contributed by atoms with Gasteiger partial charge in [0.1, 0.15) is 5.76 Å². The molecule has 0 aliphatic carbocycles. The zero-order valence-electron chi connectivity index (χ0n) is 15.0. The second kappa shape index (κ2) is 7.71. The summed E-state index contributed by atoms with van der Waals surface area (Å²) in [6.45, 7) is 8.77. The van der Waals surface area contributed by atoms with Gasteiger partial charge in [0.2, 0.25) is 5.91 Å². The number of benzene rings is 1. The van der Waals surface area contributed by atoms with Gasteiger partial charge in [-0.3, -0.25) is 4.79 Å². The highest BCUT2D eigenvalue weighted by atomic mass is 16.5. The third-order valence-corrected chi connectivity index (χ3v) is 4.83. The second-order valence-electron chi connectivity index (χ2n) is 6.14. The Hall–Kier alpha value is -2.01.